The topological polar surface area (TPSA) is 288 Å². The minimum absolute atomic E-state index is 0.0453. The summed E-state index contributed by atoms with van der Waals surface area (Å²) in [6, 6.07) is -12.3. The summed E-state index contributed by atoms with van der Waals surface area (Å²) >= 11 is 1.39. The Kier molecular flexibility index (Phi) is 34.2. The highest BCUT2D eigenvalue weighted by Crippen LogP contribution is 2.27. The van der Waals surface area contributed by atoms with Gasteiger partial charge in [-0.15, -0.1) is 11.8 Å². The van der Waals surface area contributed by atoms with Crippen LogP contribution in [0.5, 0.6) is 0 Å². The number of aliphatic hydroxyl groups is 1. The minimum atomic E-state index is -1.65. The van der Waals surface area contributed by atoms with Crippen molar-refractivity contribution >= 4 is 76.7 Å². The standard InChI is InChI=1S/C66H117N11O13S/c1-27-29-30-42(13)55(79)54-59(83)69-46(28-2)61(85)71(19)45(16)60(84)75(23)50(35-66(17,18)90-36-91-26)58(82)70-52(40(9)10)64(88)73(21)47(31-37(3)4)57(81)68-44(15)56(80)67-43(14)34-51(78)72(20)48(32-38(5)6)62(86)74(22)49(33-39(7)8)63(87)76(24)53(41(11)12)65(89)77(54)25/h27,29,37-44,46-50,52-55,79H,16,28,30-36H2,1-15,17-26H3,(H,67,80)(H,68,81)(H,69,83)(H,70,82)/b29-27+/t42-,43-,44+,46+,47+,48+,49+,50+,52+,53+,54+,55-/m1/s1. The zero-order valence-electron chi connectivity index (χ0n) is 59.7. The highest BCUT2D eigenvalue weighted by atomic mass is 32.2. The monoisotopic (exact) mass is 1300 g/mol. The molecule has 5 N–H and O–H groups in total. The molecule has 11 amide bonds. The van der Waals surface area contributed by atoms with Crippen LogP contribution in [-0.2, 0) is 57.5 Å². The van der Waals surface area contributed by atoms with Crippen LogP contribution in [0.4, 0.5) is 0 Å². The van der Waals surface area contributed by atoms with Gasteiger partial charge in [0.25, 0.3) is 5.91 Å². The number of hydrogen-bond acceptors (Lipinski definition) is 14. The Hall–Kier alpha value is -6.08. The van der Waals surface area contributed by atoms with E-state index in [1.165, 1.54) is 87.6 Å². The number of amides is 11. The fourth-order valence-corrected chi connectivity index (χ4v) is 11.5. The zero-order valence-corrected chi connectivity index (χ0v) is 60.5. The summed E-state index contributed by atoms with van der Waals surface area (Å²) in [6.07, 6.45) is 4.23. The van der Waals surface area contributed by atoms with Gasteiger partial charge in [0.15, 0.2) is 0 Å². The van der Waals surface area contributed by atoms with E-state index in [9.17, 15) is 48.3 Å². The van der Waals surface area contributed by atoms with Gasteiger partial charge in [-0.2, -0.15) is 0 Å². The summed E-state index contributed by atoms with van der Waals surface area (Å²) in [5.74, 6) is -9.71. The van der Waals surface area contributed by atoms with Crippen molar-refractivity contribution in [2.45, 2.75) is 235 Å². The number of aliphatic hydroxyl groups excluding tert-OH is 1. The molecule has 0 bridgehead atoms. The van der Waals surface area contributed by atoms with E-state index < -0.39 is 161 Å². The van der Waals surface area contributed by atoms with Crippen LogP contribution in [0.15, 0.2) is 24.4 Å². The molecular formula is C66H117N11O13S. The van der Waals surface area contributed by atoms with Gasteiger partial charge in [-0.3, -0.25) is 52.7 Å². The Morgan fingerprint density at radius 1 is 0.593 bits per heavy atom. The van der Waals surface area contributed by atoms with Crippen molar-refractivity contribution in [2.75, 3.05) is 61.5 Å². The molecule has 0 radical (unpaired) electrons. The molecule has 0 spiro atoms. The number of carbonyl (C=O) groups excluding carboxylic acids is 11. The van der Waals surface area contributed by atoms with E-state index in [2.05, 4.69) is 27.8 Å². The maximum atomic E-state index is 15.2. The molecule has 1 rings (SSSR count). The molecule has 0 saturated carbocycles. The lowest BCUT2D eigenvalue weighted by Crippen LogP contribution is -2.63. The maximum absolute atomic E-state index is 15.2. The number of thioether (sulfide) groups is 1. The van der Waals surface area contributed by atoms with Crippen LogP contribution in [-0.4, -0.2) is 238 Å². The van der Waals surface area contributed by atoms with Gasteiger partial charge < -0.3 is 65.4 Å². The Labute approximate surface area is 548 Å². The van der Waals surface area contributed by atoms with Crippen LogP contribution in [0, 0.1) is 35.5 Å². The molecule has 12 atom stereocenters. The third-order valence-corrected chi connectivity index (χ3v) is 17.3. The molecule has 0 aromatic carbocycles. The number of hydrogen-bond donors (Lipinski definition) is 5. The summed E-state index contributed by atoms with van der Waals surface area (Å²) in [5, 5.41) is 23.3. The van der Waals surface area contributed by atoms with Gasteiger partial charge in [0.2, 0.25) is 59.1 Å². The van der Waals surface area contributed by atoms with Gasteiger partial charge in [0.05, 0.1) is 17.6 Å². The third kappa shape index (κ3) is 23.8. The quantitative estimate of drug-likeness (QED) is 0.0711. The Bertz CT molecular complexity index is 2540. The Balaban J connectivity index is 4.42. The van der Waals surface area contributed by atoms with E-state index in [4.69, 9.17) is 4.74 Å². The van der Waals surface area contributed by atoms with E-state index in [0.717, 1.165) is 14.7 Å². The van der Waals surface area contributed by atoms with Crippen LogP contribution in [0.25, 0.3) is 0 Å². The highest BCUT2D eigenvalue weighted by Gasteiger charge is 2.46. The van der Waals surface area contributed by atoms with Crippen molar-refractivity contribution in [1.82, 2.24) is 55.6 Å². The molecule has 1 saturated heterocycles. The lowest BCUT2D eigenvalue weighted by Gasteiger charge is -2.41. The summed E-state index contributed by atoms with van der Waals surface area (Å²) in [5.41, 5.74) is -1.45. The molecule has 0 aliphatic carbocycles. The second-order valence-electron chi connectivity index (χ2n) is 27.5. The number of allylic oxidation sites excluding steroid dienone is 2. The van der Waals surface area contributed by atoms with Gasteiger partial charge in [0, 0.05) is 68.2 Å². The van der Waals surface area contributed by atoms with Crippen LogP contribution in [0.3, 0.4) is 0 Å². The summed E-state index contributed by atoms with van der Waals surface area (Å²) in [7, 11) is 9.80. The molecular weight excluding hydrogens is 1190 g/mol. The molecule has 1 fully saturated rings. The Morgan fingerprint density at radius 2 is 1.08 bits per heavy atom. The van der Waals surface area contributed by atoms with Crippen LogP contribution < -0.4 is 21.3 Å². The second kappa shape index (κ2) is 37.6. The first-order valence-electron chi connectivity index (χ1n) is 32.2. The zero-order chi connectivity index (χ0) is 70.6. The minimum Gasteiger partial charge on any atom is -0.390 e. The molecule has 1 aliphatic rings. The molecule has 91 heavy (non-hydrogen) atoms. The van der Waals surface area contributed by atoms with E-state index >= 15 is 9.59 Å². The molecule has 0 unspecified atom stereocenters. The lowest BCUT2D eigenvalue weighted by atomic mass is 9.91. The first-order chi connectivity index (χ1) is 42.0. The smallest absolute Gasteiger partial charge is 0.270 e. The first-order valence-corrected chi connectivity index (χ1v) is 33.6. The fraction of sp³-hybridized carbons (Fsp3) is 0.773. The maximum Gasteiger partial charge on any atom is 0.270 e. The van der Waals surface area contributed by atoms with Crippen molar-refractivity contribution < 1.29 is 62.6 Å². The normalized spacial score (nSPS) is 26.2. The van der Waals surface area contributed by atoms with E-state index in [-0.39, 0.29) is 68.6 Å². The molecule has 520 valence electrons. The molecule has 25 heteroatoms. The van der Waals surface area contributed by atoms with Gasteiger partial charge in [0.1, 0.15) is 60.1 Å². The SMILES string of the molecule is C=C1C(=O)N(C)[C@@H](CC(C)(C)OCSC)C(=O)N[C@@H](C(C)C)C(=O)N(C)[C@@H](CC(C)C)C(=O)N[C@@H](C)C(=O)N[C@H](C)CC(=O)N(C)[C@@H](CC(C)C)C(=O)N(C)[C@@H](CC(C)C)C(=O)N(C)[C@@H](C(C)C)C(=O)N(C)[C@@H]([C@H](O)[C@H](C)C/C=C/C)C(=O)N[C@@H](CC)C(=O)N1C. The fourth-order valence-electron chi connectivity index (χ4n) is 11.1. The molecule has 24 nitrogen and oxygen atoms in total. The number of carbonyl (C=O) groups is 11. The van der Waals surface area contributed by atoms with E-state index in [1.54, 1.807) is 81.4 Å². The van der Waals surface area contributed by atoms with E-state index in [0.29, 0.717) is 0 Å². The molecule has 0 aromatic rings. The van der Waals surface area contributed by atoms with E-state index in [1.807, 2.05) is 47.8 Å². The molecule has 0 aromatic heterocycles. The first kappa shape index (κ1) is 82.9. The van der Waals surface area contributed by atoms with Crippen LogP contribution in [0.2, 0.25) is 0 Å². The average molecular weight is 1300 g/mol. The Morgan fingerprint density at radius 3 is 1.56 bits per heavy atom. The lowest BCUT2D eigenvalue weighted by molar-refractivity contribution is -0.157. The van der Waals surface area contributed by atoms with Crippen molar-refractivity contribution in [1.29, 1.82) is 0 Å². The largest absolute Gasteiger partial charge is 0.390 e. The van der Waals surface area contributed by atoms with Crippen molar-refractivity contribution in [3.8, 4) is 0 Å². The van der Waals surface area contributed by atoms with Crippen molar-refractivity contribution in [2.24, 2.45) is 35.5 Å². The van der Waals surface area contributed by atoms with Crippen molar-refractivity contribution in [3.63, 3.8) is 0 Å². The number of ether oxygens (including phenoxy) is 1. The second-order valence-corrected chi connectivity index (χ2v) is 28.3. The van der Waals surface area contributed by atoms with Crippen LogP contribution in [0.1, 0.15) is 163 Å². The molecule has 1 heterocycles. The number of nitrogens with zero attached hydrogens (tertiary/aromatic N) is 7. The predicted octanol–water partition coefficient (Wildman–Crippen LogP) is 4.63. The predicted molar refractivity (Wildman–Crippen MR) is 356 cm³/mol. The number of likely N-dealkylation sites (N-methyl/N-ethyl adjacent to an activating group) is 7. The van der Waals surface area contributed by atoms with Crippen LogP contribution >= 0.6 is 11.8 Å². The number of nitrogens with one attached hydrogen (secondary N) is 4. The highest BCUT2D eigenvalue weighted by molar-refractivity contribution is 7.98. The average Bonchev–Trinajstić information content (AvgIpc) is 0.901. The third-order valence-electron chi connectivity index (χ3n) is 17.0. The van der Waals surface area contributed by atoms with Gasteiger partial charge >= 0.3 is 0 Å². The summed E-state index contributed by atoms with van der Waals surface area (Å²) < 4.78 is 6.12. The summed E-state index contributed by atoms with van der Waals surface area (Å²) in [4.78, 5) is 170. The number of rotatable bonds is 18. The molecule has 1 aliphatic heterocycles. The van der Waals surface area contributed by atoms with Gasteiger partial charge in [-0.25, -0.2) is 0 Å². The van der Waals surface area contributed by atoms with Crippen molar-refractivity contribution in [3.05, 3.63) is 24.4 Å². The summed E-state index contributed by atoms with van der Waals surface area (Å²) in [6.45, 7) is 33.8. The van der Waals surface area contributed by atoms with Gasteiger partial charge in [-0.05, 0) is 108 Å². The van der Waals surface area contributed by atoms with Gasteiger partial charge in [-0.1, -0.05) is 102 Å².